The fourth-order valence-electron chi connectivity index (χ4n) is 3.54. The van der Waals surface area contributed by atoms with Gasteiger partial charge in [0.2, 0.25) is 5.91 Å². The summed E-state index contributed by atoms with van der Waals surface area (Å²) in [4.78, 5) is 14.7. The highest BCUT2D eigenvalue weighted by Crippen LogP contribution is 2.25. The third-order valence-corrected chi connectivity index (χ3v) is 5.71. The molecule has 0 aliphatic carbocycles. The van der Waals surface area contributed by atoms with Crippen molar-refractivity contribution in [2.75, 3.05) is 18.0 Å². The molecule has 2 aromatic rings. The molecule has 3 nitrogen and oxygen atoms in total. The van der Waals surface area contributed by atoms with Crippen molar-refractivity contribution in [3.8, 4) is 0 Å². The fourth-order valence-corrected chi connectivity index (χ4v) is 4.02. The summed E-state index contributed by atoms with van der Waals surface area (Å²) in [6, 6.07) is 13.6. The van der Waals surface area contributed by atoms with Gasteiger partial charge in [-0.1, -0.05) is 48.3 Å². The van der Waals surface area contributed by atoms with E-state index in [0.717, 1.165) is 30.1 Å². The maximum Gasteiger partial charge on any atom is 0.244 e. The van der Waals surface area contributed by atoms with Crippen LogP contribution in [0, 0.1) is 5.92 Å². The Bertz CT molecular complexity index is 848. The normalized spacial score (nSPS) is 18.3. The smallest absolute Gasteiger partial charge is 0.244 e. The van der Waals surface area contributed by atoms with E-state index in [1.807, 2.05) is 6.92 Å². The molecule has 1 N–H and O–H groups in total. The minimum absolute atomic E-state index is 0.0767. The molecule has 5 heteroatoms. The lowest BCUT2D eigenvalue weighted by Crippen LogP contribution is -2.34. The van der Waals surface area contributed by atoms with E-state index in [9.17, 15) is 4.79 Å². The van der Waals surface area contributed by atoms with Crippen LogP contribution in [0.5, 0.6) is 0 Å². The Morgan fingerprint density at radius 3 is 2.64 bits per heavy atom. The van der Waals surface area contributed by atoms with Gasteiger partial charge in [0.1, 0.15) is 0 Å². The number of hydrogen-bond acceptors (Lipinski definition) is 2. The monoisotopic (exact) mass is 416 g/mol. The van der Waals surface area contributed by atoms with Crippen LogP contribution in [-0.2, 0) is 4.79 Å². The number of piperidine rings is 1. The topological polar surface area (TPSA) is 32.3 Å². The summed E-state index contributed by atoms with van der Waals surface area (Å²) < 4.78 is 0. The average molecular weight is 417 g/mol. The van der Waals surface area contributed by atoms with Gasteiger partial charge in [-0.25, -0.2) is 0 Å². The third-order valence-electron chi connectivity index (χ3n) is 5.15. The SMILES string of the molecule is C[C@@H]1CCCN(c2ccc([C@H](C)NC(=O)/C=C/c3ccc(Cl)cc3Cl)cc2)C1. The lowest BCUT2D eigenvalue weighted by atomic mass is 9.99. The van der Waals surface area contributed by atoms with Crippen molar-refractivity contribution in [3.05, 3.63) is 69.7 Å². The second kappa shape index (κ2) is 9.49. The van der Waals surface area contributed by atoms with Crippen LogP contribution < -0.4 is 10.2 Å². The number of benzene rings is 2. The first-order chi connectivity index (χ1) is 13.4. The molecule has 28 heavy (non-hydrogen) atoms. The van der Waals surface area contributed by atoms with Gasteiger partial charge in [-0.2, -0.15) is 0 Å². The van der Waals surface area contributed by atoms with Crippen molar-refractivity contribution < 1.29 is 4.79 Å². The molecule has 2 atom stereocenters. The number of nitrogens with one attached hydrogen (secondary N) is 1. The number of carbonyl (C=O) groups excluding carboxylic acids is 1. The van der Waals surface area contributed by atoms with E-state index in [4.69, 9.17) is 23.2 Å². The van der Waals surface area contributed by atoms with Crippen LogP contribution in [-0.4, -0.2) is 19.0 Å². The van der Waals surface area contributed by atoms with E-state index >= 15 is 0 Å². The molecule has 2 aromatic carbocycles. The van der Waals surface area contributed by atoms with Crippen LogP contribution in [0.4, 0.5) is 5.69 Å². The Balaban J connectivity index is 1.58. The molecular weight excluding hydrogens is 391 g/mol. The summed E-state index contributed by atoms with van der Waals surface area (Å²) in [7, 11) is 0. The molecule has 1 heterocycles. The van der Waals surface area contributed by atoms with Crippen LogP contribution in [0.25, 0.3) is 6.08 Å². The largest absolute Gasteiger partial charge is 0.371 e. The van der Waals surface area contributed by atoms with Gasteiger partial charge in [0.05, 0.1) is 6.04 Å². The average Bonchev–Trinajstić information content (AvgIpc) is 2.67. The predicted molar refractivity (Wildman–Crippen MR) is 119 cm³/mol. The molecule has 0 bridgehead atoms. The predicted octanol–water partition coefficient (Wildman–Crippen LogP) is 6.12. The van der Waals surface area contributed by atoms with E-state index in [2.05, 4.69) is 41.4 Å². The molecular formula is C23H26Cl2N2O. The number of anilines is 1. The minimum Gasteiger partial charge on any atom is -0.371 e. The minimum atomic E-state index is -0.160. The van der Waals surface area contributed by atoms with Gasteiger partial charge < -0.3 is 10.2 Å². The Hall–Kier alpha value is -1.97. The van der Waals surface area contributed by atoms with Gasteiger partial charge in [-0.15, -0.1) is 0 Å². The molecule has 0 radical (unpaired) electrons. The molecule has 1 saturated heterocycles. The molecule has 0 saturated carbocycles. The van der Waals surface area contributed by atoms with Crippen molar-refractivity contribution >= 4 is 40.9 Å². The van der Waals surface area contributed by atoms with Gasteiger partial charge in [-0.3, -0.25) is 4.79 Å². The Labute approximate surface area is 177 Å². The molecule has 1 aliphatic rings. The summed E-state index contributed by atoms with van der Waals surface area (Å²) in [5, 5.41) is 4.09. The third kappa shape index (κ3) is 5.52. The highest BCUT2D eigenvalue weighted by atomic mass is 35.5. The number of hydrogen-bond donors (Lipinski definition) is 1. The van der Waals surface area contributed by atoms with Gasteiger partial charge in [0, 0.05) is 34.9 Å². The summed E-state index contributed by atoms with van der Waals surface area (Å²) in [5.41, 5.74) is 3.10. The van der Waals surface area contributed by atoms with E-state index in [-0.39, 0.29) is 11.9 Å². The Morgan fingerprint density at radius 2 is 1.96 bits per heavy atom. The number of amides is 1. The summed E-state index contributed by atoms with van der Waals surface area (Å²) in [6.07, 6.45) is 5.75. The van der Waals surface area contributed by atoms with Crippen molar-refractivity contribution in [2.45, 2.75) is 32.7 Å². The lowest BCUT2D eigenvalue weighted by Gasteiger charge is -2.33. The quantitative estimate of drug-likeness (QED) is 0.595. The van der Waals surface area contributed by atoms with Gasteiger partial charge >= 0.3 is 0 Å². The van der Waals surface area contributed by atoms with Crippen LogP contribution in [0.1, 0.15) is 43.9 Å². The molecule has 0 spiro atoms. The zero-order valence-electron chi connectivity index (χ0n) is 16.3. The first kappa shape index (κ1) is 20.8. The van der Waals surface area contributed by atoms with E-state index in [1.165, 1.54) is 24.6 Å². The van der Waals surface area contributed by atoms with Crippen LogP contribution in [0.15, 0.2) is 48.5 Å². The highest BCUT2D eigenvalue weighted by molar-refractivity contribution is 6.35. The van der Waals surface area contributed by atoms with E-state index in [1.54, 1.807) is 24.3 Å². The van der Waals surface area contributed by atoms with E-state index in [0.29, 0.717) is 10.0 Å². The summed E-state index contributed by atoms with van der Waals surface area (Å²) >= 11 is 12.0. The van der Waals surface area contributed by atoms with Gasteiger partial charge in [0.25, 0.3) is 0 Å². The van der Waals surface area contributed by atoms with Crippen LogP contribution in [0.2, 0.25) is 10.0 Å². The zero-order chi connectivity index (χ0) is 20.1. The molecule has 0 unspecified atom stereocenters. The standard InChI is InChI=1S/C23H26Cl2N2O/c1-16-4-3-13-27(15-16)21-10-6-18(7-11-21)17(2)26-23(28)12-8-19-5-9-20(24)14-22(19)25/h5-12,14,16-17H,3-4,13,15H2,1-2H3,(H,26,28)/b12-8+/t16-,17+/m1/s1. The molecule has 1 fully saturated rings. The molecule has 0 aromatic heterocycles. The van der Waals surface area contributed by atoms with Crippen molar-refractivity contribution in [3.63, 3.8) is 0 Å². The molecule has 148 valence electrons. The number of carbonyl (C=O) groups is 1. The fraction of sp³-hybridized carbons (Fsp3) is 0.348. The lowest BCUT2D eigenvalue weighted by molar-refractivity contribution is -0.117. The Kier molecular flexibility index (Phi) is 7.03. The molecule has 1 aliphatic heterocycles. The Morgan fingerprint density at radius 1 is 1.21 bits per heavy atom. The first-order valence-electron chi connectivity index (χ1n) is 9.71. The van der Waals surface area contributed by atoms with Crippen molar-refractivity contribution in [1.29, 1.82) is 0 Å². The molecule has 3 rings (SSSR count). The zero-order valence-corrected chi connectivity index (χ0v) is 17.8. The highest BCUT2D eigenvalue weighted by Gasteiger charge is 2.17. The number of rotatable bonds is 5. The second-order valence-electron chi connectivity index (χ2n) is 7.51. The summed E-state index contributed by atoms with van der Waals surface area (Å²) in [5.74, 6) is 0.583. The second-order valence-corrected chi connectivity index (χ2v) is 8.36. The van der Waals surface area contributed by atoms with Crippen LogP contribution >= 0.6 is 23.2 Å². The molecule has 1 amide bonds. The maximum absolute atomic E-state index is 12.3. The summed E-state index contributed by atoms with van der Waals surface area (Å²) in [6.45, 7) is 6.53. The number of nitrogens with zero attached hydrogens (tertiary/aromatic N) is 1. The van der Waals surface area contributed by atoms with Crippen LogP contribution in [0.3, 0.4) is 0 Å². The number of halogens is 2. The van der Waals surface area contributed by atoms with Gasteiger partial charge in [-0.05, 0) is 67.2 Å². The van der Waals surface area contributed by atoms with Crippen molar-refractivity contribution in [1.82, 2.24) is 5.32 Å². The maximum atomic E-state index is 12.3. The van der Waals surface area contributed by atoms with Gasteiger partial charge in [0.15, 0.2) is 0 Å². The first-order valence-corrected chi connectivity index (χ1v) is 10.5. The van der Waals surface area contributed by atoms with Crippen molar-refractivity contribution in [2.24, 2.45) is 5.92 Å². The van der Waals surface area contributed by atoms with E-state index < -0.39 is 0 Å².